The highest BCUT2D eigenvalue weighted by molar-refractivity contribution is 5.71. The summed E-state index contributed by atoms with van der Waals surface area (Å²) in [5.74, 6) is 2.47. The van der Waals surface area contributed by atoms with Crippen LogP contribution in [-0.2, 0) is 14.3 Å². The van der Waals surface area contributed by atoms with Crippen LogP contribution in [0.5, 0.6) is 0 Å². The molecule has 6 rings (SSSR count). The number of ether oxygens (including phenoxy) is 2. The molecule has 2 heterocycles. The minimum Gasteiger partial charge on any atom is -0.485 e. The summed E-state index contributed by atoms with van der Waals surface area (Å²) in [7, 11) is 0. The van der Waals surface area contributed by atoms with E-state index in [0.29, 0.717) is 18.1 Å². The molecule has 0 radical (unpaired) electrons. The lowest BCUT2D eigenvalue weighted by molar-refractivity contribution is -0.240. The van der Waals surface area contributed by atoms with E-state index in [9.17, 15) is 9.90 Å². The molecule has 5 nitrogen and oxygen atoms in total. The molecule has 0 amide bonds. The SMILES string of the molecule is C=C1CC[C@@]2(O)C3CC4C=CC(OC(=O)CCCCCCCCCCCCCCCCCCC)=C5O[C@@H]1[C@]2(CCN3CC1CC1)C54. The number of esters is 1. The molecule has 5 fully saturated rings. The van der Waals surface area contributed by atoms with E-state index in [1.807, 2.05) is 6.08 Å². The number of rotatable bonds is 21. The van der Waals surface area contributed by atoms with Gasteiger partial charge in [0.1, 0.15) is 11.9 Å². The smallest absolute Gasteiger partial charge is 0.311 e. The average molecular weight is 636 g/mol. The van der Waals surface area contributed by atoms with Crippen LogP contribution in [-0.4, -0.2) is 46.8 Å². The third-order valence-electron chi connectivity index (χ3n) is 12.9. The third kappa shape index (κ3) is 7.21. The predicted octanol–water partition coefficient (Wildman–Crippen LogP) is 9.94. The summed E-state index contributed by atoms with van der Waals surface area (Å²) in [6, 6.07) is 0.176. The van der Waals surface area contributed by atoms with Gasteiger partial charge in [-0.1, -0.05) is 122 Å². The second kappa shape index (κ2) is 15.7. The molecule has 6 aliphatic rings. The lowest BCUT2D eigenvalue weighted by Crippen LogP contribution is -2.75. The summed E-state index contributed by atoms with van der Waals surface area (Å²) < 4.78 is 12.8. The molecule has 3 unspecified atom stereocenters. The summed E-state index contributed by atoms with van der Waals surface area (Å²) in [6.07, 6.45) is 33.3. The van der Waals surface area contributed by atoms with Crippen LogP contribution in [0.2, 0.25) is 0 Å². The highest BCUT2D eigenvalue weighted by Gasteiger charge is 2.76. The van der Waals surface area contributed by atoms with E-state index in [4.69, 9.17) is 9.47 Å². The predicted molar refractivity (Wildman–Crippen MR) is 186 cm³/mol. The maximum Gasteiger partial charge on any atom is 0.311 e. The van der Waals surface area contributed by atoms with Gasteiger partial charge < -0.3 is 14.6 Å². The molecule has 5 heteroatoms. The number of carbonyl (C=O) groups excluding carboxylic acids is 1. The Balaban J connectivity index is 0.898. The highest BCUT2D eigenvalue weighted by Crippen LogP contribution is 2.70. The summed E-state index contributed by atoms with van der Waals surface area (Å²) in [5, 5.41) is 12.6. The van der Waals surface area contributed by atoms with Crippen molar-refractivity contribution in [3.63, 3.8) is 0 Å². The van der Waals surface area contributed by atoms with Gasteiger partial charge in [-0.25, -0.2) is 0 Å². The van der Waals surface area contributed by atoms with Crippen molar-refractivity contribution in [3.05, 3.63) is 35.8 Å². The van der Waals surface area contributed by atoms with Gasteiger partial charge in [0.15, 0.2) is 5.76 Å². The zero-order chi connectivity index (χ0) is 32.0. The van der Waals surface area contributed by atoms with Gasteiger partial charge >= 0.3 is 5.97 Å². The van der Waals surface area contributed by atoms with Crippen LogP contribution < -0.4 is 0 Å². The van der Waals surface area contributed by atoms with Crippen molar-refractivity contribution >= 4 is 5.97 Å². The summed E-state index contributed by atoms with van der Waals surface area (Å²) in [5.41, 5.74) is -0.0280. The number of likely N-dealkylation sites (tertiary alicyclic amines) is 1. The van der Waals surface area contributed by atoms with Gasteiger partial charge in [-0.3, -0.25) is 9.69 Å². The van der Waals surface area contributed by atoms with Crippen molar-refractivity contribution in [2.24, 2.45) is 23.2 Å². The van der Waals surface area contributed by atoms with Crippen molar-refractivity contribution in [2.75, 3.05) is 13.1 Å². The second-order valence-corrected chi connectivity index (χ2v) is 16.2. The quantitative estimate of drug-likeness (QED) is 0.0773. The average Bonchev–Trinajstić information content (AvgIpc) is 3.79. The van der Waals surface area contributed by atoms with E-state index in [2.05, 4.69) is 24.5 Å². The Morgan fingerprint density at radius 2 is 1.54 bits per heavy atom. The maximum atomic E-state index is 13.0. The minimum absolute atomic E-state index is 0.0759. The number of hydrogen-bond donors (Lipinski definition) is 1. The number of unbranched alkanes of at least 4 members (excludes halogenated alkanes) is 16. The molecule has 0 aromatic rings. The Kier molecular flexibility index (Phi) is 11.7. The minimum atomic E-state index is -0.775. The molecule has 2 bridgehead atoms. The van der Waals surface area contributed by atoms with Crippen LogP contribution in [0.3, 0.4) is 0 Å². The van der Waals surface area contributed by atoms with Gasteiger partial charge in [-0.15, -0.1) is 0 Å². The summed E-state index contributed by atoms with van der Waals surface area (Å²) >= 11 is 0. The van der Waals surface area contributed by atoms with Crippen molar-refractivity contribution in [2.45, 2.75) is 179 Å². The Bertz CT molecular complexity index is 1110. The van der Waals surface area contributed by atoms with E-state index in [0.717, 1.165) is 68.9 Å². The molecular formula is C41H65NO4. The van der Waals surface area contributed by atoms with Crippen molar-refractivity contribution < 1.29 is 19.4 Å². The molecule has 0 aromatic carbocycles. The van der Waals surface area contributed by atoms with Gasteiger partial charge in [-0.2, -0.15) is 0 Å². The zero-order valence-corrected chi connectivity index (χ0v) is 29.3. The normalized spacial score (nSPS) is 32.9. The fourth-order valence-corrected chi connectivity index (χ4v) is 10.2. The van der Waals surface area contributed by atoms with Crippen LogP contribution >= 0.6 is 0 Å². The number of carbonyl (C=O) groups is 1. The molecule has 2 saturated heterocycles. The van der Waals surface area contributed by atoms with E-state index >= 15 is 0 Å². The van der Waals surface area contributed by atoms with Gasteiger partial charge in [0.05, 0.1) is 11.0 Å². The van der Waals surface area contributed by atoms with Crippen molar-refractivity contribution in [1.82, 2.24) is 4.90 Å². The first-order valence-electron chi connectivity index (χ1n) is 19.9. The molecule has 6 atom stereocenters. The molecular weight excluding hydrogens is 570 g/mol. The van der Waals surface area contributed by atoms with Crippen LogP contribution in [0.25, 0.3) is 0 Å². The Labute approximate surface area is 280 Å². The molecule has 258 valence electrons. The topological polar surface area (TPSA) is 59.0 Å². The molecule has 4 aliphatic carbocycles. The van der Waals surface area contributed by atoms with Crippen LogP contribution in [0.1, 0.15) is 161 Å². The number of nitrogens with zero attached hydrogens (tertiary/aromatic N) is 1. The fourth-order valence-electron chi connectivity index (χ4n) is 10.2. The van der Waals surface area contributed by atoms with Gasteiger partial charge in [-0.05, 0) is 75.0 Å². The Morgan fingerprint density at radius 3 is 2.15 bits per heavy atom. The van der Waals surface area contributed by atoms with Gasteiger partial charge in [0.25, 0.3) is 0 Å². The first kappa shape index (κ1) is 34.3. The molecule has 0 aromatic heterocycles. The zero-order valence-electron chi connectivity index (χ0n) is 29.3. The van der Waals surface area contributed by atoms with E-state index in [1.54, 1.807) is 0 Å². The van der Waals surface area contributed by atoms with E-state index < -0.39 is 5.60 Å². The highest BCUT2D eigenvalue weighted by atomic mass is 16.6. The number of allylic oxidation sites excluding steroid dienone is 3. The lowest BCUT2D eigenvalue weighted by atomic mass is 9.44. The Morgan fingerprint density at radius 1 is 0.935 bits per heavy atom. The first-order valence-corrected chi connectivity index (χ1v) is 19.9. The van der Waals surface area contributed by atoms with E-state index in [1.165, 1.54) is 109 Å². The standard InChI is InChI=1S/C41H65NO4/c1-3-4-5-6-7-8-9-10-11-12-13-14-15-16-17-18-19-20-36(43)45-34-24-23-33-29-35-41(44)26-25-31(2)39-40(41,37(33)38(34)46-39)27-28-42(35)30-32-21-22-32/h23-24,32-33,35,37,39,44H,2-22,25-30H2,1H3/t33?,35?,37?,39-,40-,41+/m0/s1. The molecule has 1 N–H and O–H groups in total. The fraction of sp³-hybridized carbons (Fsp3) is 0.829. The molecule has 2 aliphatic heterocycles. The summed E-state index contributed by atoms with van der Waals surface area (Å²) in [6.45, 7) is 8.88. The van der Waals surface area contributed by atoms with E-state index in [-0.39, 0.29) is 29.4 Å². The second-order valence-electron chi connectivity index (χ2n) is 16.2. The van der Waals surface area contributed by atoms with Crippen molar-refractivity contribution in [1.29, 1.82) is 0 Å². The number of aliphatic hydroxyl groups is 1. The van der Waals surface area contributed by atoms with Crippen LogP contribution in [0.4, 0.5) is 0 Å². The maximum absolute atomic E-state index is 13.0. The van der Waals surface area contributed by atoms with Crippen LogP contribution in [0.15, 0.2) is 35.8 Å². The van der Waals surface area contributed by atoms with Gasteiger partial charge in [0.2, 0.25) is 0 Å². The summed E-state index contributed by atoms with van der Waals surface area (Å²) in [4.78, 5) is 15.6. The van der Waals surface area contributed by atoms with Gasteiger partial charge in [0, 0.05) is 24.9 Å². The number of piperidine rings is 1. The largest absolute Gasteiger partial charge is 0.485 e. The molecule has 46 heavy (non-hydrogen) atoms. The monoisotopic (exact) mass is 635 g/mol. The van der Waals surface area contributed by atoms with Crippen molar-refractivity contribution in [3.8, 4) is 0 Å². The lowest BCUT2D eigenvalue weighted by Gasteiger charge is -2.66. The van der Waals surface area contributed by atoms with Crippen LogP contribution in [0, 0.1) is 23.2 Å². The number of hydrogen-bond acceptors (Lipinski definition) is 5. The first-order chi connectivity index (χ1) is 22.5. The molecule has 3 saturated carbocycles. The Hall–Kier alpha value is -1.59. The molecule has 1 spiro atoms. The third-order valence-corrected chi connectivity index (χ3v) is 12.9.